The first-order valence-electron chi connectivity index (χ1n) is 4.06. The SMILES string of the molecule is Cc1ccc2ccc(C(N)=O)cn12. The molecule has 0 aliphatic rings. The maximum Gasteiger partial charge on any atom is 0.250 e. The van der Waals surface area contributed by atoms with Crippen molar-refractivity contribution in [1.82, 2.24) is 4.40 Å². The maximum absolute atomic E-state index is 10.9. The Morgan fingerprint density at radius 3 is 2.69 bits per heavy atom. The van der Waals surface area contributed by atoms with Crippen LogP contribution in [0.4, 0.5) is 0 Å². The highest BCUT2D eigenvalue weighted by Crippen LogP contribution is 2.10. The number of nitrogens with two attached hydrogens (primary N) is 1. The van der Waals surface area contributed by atoms with E-state index in [-0.39, 0.29) is 0 Å². The quantitative estimate of drug-likeness (QED) is 0.696. The molecule has 0 aliphatic carbocycles. The standard InChI is InChI=1S/C10H10N2O/c1-7-2-4-9-5-3-8(10(11)13)6-12(7)9/h2-6H,1H3,(H2,11,13). The van der Waals surface area contributed by atoms with Gasteiger partial charge in [0.05, 0.1) is 5.56 Å². The van der Waals surface area contributed by atoms with Gasteiger partial charge in [0.25, 0.3) is 0 Å². The number of carbonyl (C=O) groups is 1. The van der Waals surface area contributed by atoms with Crippen LogP contribution in [0.5, 0.6) is 0 Å². The lowest BCUT2D eigenvalue weighted by Crippen LogP contribution is -2.11. The minimum Gasteiger partial charge on any atom is -0.366 e. The Balaban J connectivity index is 2.72. The third-order valence-electron chi connectivity index (χ3n) is 2.14. The highest BCUT2D eigenvalue weighted by molar-refractivity contribution is 5.92. The Bertz CT molecular complexity index is 471. The summed E-state index contributed by atoms with van der Waals surface area (Å²) >= 11 is 0. The van der Waals surface area contributed by atoms with Gasteiger partial charge in [0.2, 0.25) is 5.91 Å². The van der Waals surface area contributed by atoms with Gasteiger partial charge in [-0.2, -0.15) is 0 Å². The van der Waals surface area contributed by atoms with Gasteiger partial charge in [-0.1, -0.05) is 0 Å². The second kappa shape index (κ2) is 2.62. The molecule has 0 aromatic carbocycles. The van der Waals surface area contributed by atoms with Crippen LogP contribution in [0, 0.1) is 6.92 Å². The lowest BCUT2D eigenvalue weighted by molar-refractivity contribution is 0.1000. The predicted molar refractivity (Wildman–Crippen MR) is 50.7 cm³/mol. The van der Waals surface area contributed by atoms with Gasteiger partial charge in [0, 0.05) is 17.4 Å². The number of aromatic nitrogens is 1. The largest absolute Gasteiger partial charge is 0.366 e. The molecule has 0 spiro atoms. The van der Waals surface area contributed by atoms with Crippen molar-refractivity contribution in [3.05, 3.63) is 41.7 Å². The van der Waals surface area contributed by atoms with E-state index in [4.69, 9.17) is 5.73 Å². The molecule has 0 radical (unpaired) electrons. The van der Waals surface area contributed by atoms with E-state index < -0.39 is 5.91 Å². The third-order valence-corrected chi connectivity index (χ3v) is 2.14. The molecule has 3 nitrogen and oxygen atoms in total. The fraction of sp³-hybridized carbons (Fsp3) is 0.100. The second-order valence-electron chi connectivity index (χ2n) is 3.05. The monoisotopic (exact) mass is 174 g/mol. The fourth-order valence-electron chi connectivity index (χ4n) is 1.39. The summed E-state index contributed by atoms with van der Waals surface area (Å²) in [5.74, 6) is -0.394. The average Bonchev–Trinajstić information content (AvgIpc) is 2.47. The first kappa shape index (κ1) is 7.86. The molecule has 2 aromatic heterocycles. The number of fused-ring (bicyclic) bond motifs is 1. The van der Waals surface area contributed by atoms with E-state index in [2.05, 4.69) is 0 Å². The van der Waals surface area contributed by atoms with E-state index in [0.29, 0.717) is 5.56 Å². The summed E-state index contributed by atoms with van der Waals surface area (Å²) in [6.07, 6.45) is 1.76. The first-order valence-corrected chi connectivity index (χ1v) is 4.06. The molecule has 2 N–H and O–H groups in total. The molecule has 0 saturated heterocycles. The zero-order chi connectivity index (χ0) is 9.42. The molecule has 2 rings (SSSR count). The molecule has 0 unspecified atom stereocenters. The molecule has 1 amide bonds. The molecule has 66 valence electrons. The Kier molecular flexibility index (Phi) is 1.59. The van der Waals surface area contributed by atoms with Crippen LogP contribution >= 0.6 is 0 Å². The van der Waals surface area contributed by atoms with E-state index in [9.17, 15) is 4.79 Å². The van der Waals surface area contributed by atoms with Crippen molar-refractivity contribution in [2.45, 2.75) is 6.92 Å². The summed E-state index contributed by atoms with van der Waals surface area (Å²) in [5, 5.41) is 0. The van der Waals surface area contributed by atoms with Gasteiger partial charge < -0.3 is 10.1 Å². The number of carbonyl (C=O) groups excluding carboxylic acids is 1. The second-order valence-corrected chi connectivity index (χ2v) is 3.05. The molecule has 0 atom stereocenters. The van der Waals surface area contributed by atoms with Crippen molar-refractivity contribution in [1.29, 1.82) is 0 Å². The van der Waals surface area contributed by atoms with Crippen molar-refractivity contribution >= 4 is 11.4 Å². The van der Waals surface area contributed by atoms with Gasteiger partial charge in [0.1, 0.15) is 0 Å². The van der Waals surface area contributed by atoms with E-state index >= 15 is 0 Å². The molecule has 2 heterocycles. The molecule has 2 aromatic rings. The number of hydrogen-bond donors (Lipinski definition) is 1. The predicted octanol–water partition coefficient (Wildman–Crippen LogP) is 1.35. The van der Waals surface area contributed by atoms with Crippen molar-refractivity contribution in [2.75, 3.05) is 0 Å². The molecular weight excluding hydrogens is 164 g/mol. The van der Waals surface area contributed by atoms with E-state index in [1.807, 2.05) is 29.5 Å². The van der Waals surface area contributed by atoms with Gasteiger partial charge in [0.15, 0.2) is 0 Å². The molecule has 3 heteroatoms. The van der Waals surface area contributed by atoms with Crippen molar-refractivity contribution in [3.63, 3.8) is 0 Å². The molecule has 13 heavy (non-hydrogen) atoms. The number of rotatable bonds is 1. The molecule has 0 aliphatic heterocycles. The van der Waals surface area contributed by atoms with E-state index in [1.165, 1.54) is 0 Å². The van der Waals surface area contributed by atoms with Gasteiger partial charge >= 0.3 is 0 Å². The van der Waals surface area contributed by atoms with Gasteiger partial charge in [-0.25, -0.2) is 0 Å². The van der Waals surface area contributed by atoms with Crippen LogP contribution < -0.4 is 5.73 Å². The number of nitrogens with zero attached hydrogens (tertiary/aromatic N) is 1. The van der Waals surface area contributed by atoms with Crippen molar-refractivity contribution in [3.8, 4) is 0 Å². The summed E-state index contributed by atoms with van der Waals surface area (Å²) < 4.78 is 1.94. The van der Waals surface area contributed by atoms with Crippen LogP contribution in [0.15, 0.2) is 30.5 Å². The van der Waals surface area contributed by atoms with Crippen molar-refractivity contribution < 1.29 is 4.79 Å². The van der Waals surface area contributed by atoms with Crippen LogP contribution in [0.25, 0.3) is 5.52 Å². The topological polar surface area (TPSA) is 47.5 Å². The zero-order valence-corrected chi connectivity index (χ0v) is 7.32. The Morgan fingerprint density at radius 2 is 2.00 bits per heavy atom. The number of primary amides is 1. The van der Waals surface area contributed by atoms with Crippen LogP contribution in [-0.2, 0) is 0 Å². The highest BCUT2D eigenvalue weighted by Gasteiger charge is 2.02. The molecular formula is C10H10N2O. The van der Waals surface area contributed by atoms with Crippen LogP contribution in [0.2, 0.25) is 0 Å². The summed E-state index contributed by atoms with van der Waals surface area (Å²) in [4.78, 5) is 10.9. The van der Waals surface area contributed by atoms with Gasteiger partial charge in [-0.05, 0) is 31.2 Å². The minimum atomic E-state index is -0.394. The zero-order valence-electron chi connectivity index (χ0n) is 7.32. The van der Waals surface area contributed by atoms with Crippen LogP contribution in [-0.4, -0.2) is 10.3 Å². The Hall–Kier alpha value is -1.77. The summed E-state index contributed by atoms with van der Waals surface area (Å²) in [6.45, 7) is 1.98. The number of hydrogen-bond acceptors (Lipinski definition) is 1. The Morgan fingerprint density at radius 1 is 1.31 bits per heavy atom. The van der Waals surface area contributed by atoms with Gasteiger partial charge in [-0.3, -0.25) is 4.79 Å². The van der Waals surface area contributed by atoms with Crippen molar-refractivity contribution in [2.24, 2.45) is 5.73 Å². The lowest BCUT2D eigenvalue weighted by atomic mass is 10.2. The summed E-state index contributed by atoms with van der Waals surface area (Å²) in [7, 11) is 0. The normalized spacial score (nSPS) is 10.5. The summed E-state index contributed by atoms with van der Waals surface area (Å²) in [5.41, 5.74) is 7.87. The first-order chi connectivity index (χ1) is 6.18. The number of amides is 1. The van der Waals surface area contributed by atoms with E-state index in [1.54, 1.807) is 12.3 Å². The van der Waals surface area contributed by atoms with E-state index in [0.717, 1.165) is 11.2 Å². The number of aryl methyl sites for hydroxylation is 1. The molecule has 0 saturated carbocycles. The lowest BCUT2D eigenvalue weighted by Gasteiger charge is -2.00. The van der Waals surface area contributed by atoms with Crippen LogP contribution in [0.1, 0.15) is 16.1 Å². The Labute approximate surface area is 75.8 Å². The summed E-state index contributed by atoms with van der Waals surface area (Å²) in [6, 6.07) is 7.62. The molecule has 0 fully saturated rings. The third kappa shape index (κ3) is 1.18. The smallest absolute Gasteiger partial charge is 0.250 e. The van der Waals surface area contributed by atoms with Crippen LogP contribution in [0.3, 0.4) is 0 Å². The van der Waals surface area contributed by atoms with Gasteiger partial charge in [-0.15, -0.1) is 0 Å². The fourth-order valence-corrected chi connectivity index (χ4v) is 1.39. The number of pyridine rings is 1. The molecule has 0 bridgehead atoms. The maximum atomic E-state index is 10.9. The highest BCUT2D eigenvalue weighted by atomic mass is 16.1. The average molecular weight is 174 g/mol. The minimum absolute atomic E-state index is 0.394.